The monoisotopic (exact) mass is 391 g/mol. The fourth-order valence-corrected chi connectivity index (χ4v) is 5.45. The SMILES string of the molecule is CCOC(=O)C1=NN(c2cccc(Cl)c2)C2(Nc3ccccc3S2)S1. The summed E-state index contributed by atoms with van der Waals surface area (Å²) in [4.78, 5) is 13.3. The summed E-state index contributed by atoms with van der Waals surface area (Å²) in [5.41, 5.74) is 1.81. The molecule has 1 atom stereocenters. The van der Waals surface area contributed by atoms with Crippen LogP contribution in [0, 0.1) is 0 Å². The highest BCUT2D eigenvalue weighted by Gasteiger charge is 2.51. The van der Waals surface area contributed by atoms with Crippen LogP contribution in [-0.4, -0.2) is 21.9 Å². The number of halogens is 1. The van der Waals surface area contributed by atoms with Crippen LogP contribution in [0.4, 0.5) is 11.4 Å². The lowest BCUT2D eigenvalue weighted by molar-refractivity contribution is -0.134. The third-order valence-electron chi connectivity index (χ3n) is 3.64. The second-order valence-corrected chi connectivity index (χ2v) is 8.44. The van der Waals surface area contributed by atoms with E-state index in [1.807, 2.05) is 42.5 Å². The summed E-state index contributed by atoms with van der Waals surface area (Å²) >= 11 is 9.11. The molecule has 0 aromatic heterocycles. The molecule has 5 nitrogen and oxygen atoms in total. The molecule has 25 heavy (non-hydrogen) atoms. The Balaban J connectivity index is 1.75. The van der Waals surface area contributed by atoms with Crippen LogP contribution >= 0.6 is 35.1 Å². The van der Waals surface area contributed by atoms with Gasteiger partial charge in [-0.05, 0) is 49.0 Å². The predicted molar refractivity (Wildman–Crippen MR) is 104 cm³/mol. The quantitative estimate of drug-likeness (QED) is 0.772. The van der Waals surface area contributed by atoms with E-state index >= 15 is 0 Å². The van der Waals surface area contributed by atoms with Crippen molar-refractivity contribution in [3.63, 3.8) is 0 Å². The Labute approximate surface area is 158 Å². The highest BCUT2D eigenvalue weighted by molar-refractivity contribution is 8.27. The summed E-state index contributed by atoms with van der Waals surface area (Å²) in [6.45, 7) is 2.09. The van der Waals surface area contributed by atoms with Crippen LogP contribution in [0.2, 0.25) is 5.02 Å². The third-order valence-corrected chi connectivity index (χ3v) is 6.49. The molecule has 8 heteroatoms. The lowest BCUT2D eigenvalue weighted by Gasteiger charge is -2.32. The number of nitrogens with zero attached hydrogens (tertiary/aromatic N) is 2. The molecule has 1 spiro atoms. The Hall–Kier alpha value is -1.83. The zero-order chi connectivity index (χ0) is 17.4. The number of ether oxygens (including phenoxy) is 1. The number of hydrazone groups is 1. The van der Waals surface area contributed by atoms with Crippen molar-refractivity contribution in [1.82, 2.24) is 0 Å². The largest absolute Gasteiger partial charge is 0.461 e. The van der Waals surface area contributed by atoms with Crippen molar-refractivity contribution in [2.45, 2.75) is 16.1 Å². The molecule has 2 aliphatic heterocycles. The molecule has 0 bridgehead atoms. The Bertz CT molecular complexity index is 849. The van der Waals surface area contributed by atoms with Gasteiger partial charge in [-0.2, -0.15) is 5.10 Å². The molecule has 2 aromatic carbocycles. The van der Waals surface area contributed by atoms with Gasteiger partial charge in [-0.3, -0.25) is 0 Å². The van der Waals surface area contributed by atoms with E-state index in [0.29, 0.717) is 16.7 Å². The van der Waals surface area contributed by atoms with Gasteiger partial charge in [0.1, 0.15) is 0 Å². The van der Waals surface area contributed by atoms with Crippen LogP contribution in [0.3, 0.4) is 0 Å². The van der Waals surface area contributed by atoms with Gasteiger partial charge in [-0.25, -0.2) is 9.80 Å². The van der Waals surface area contributed by atoms with Gasteiger partial charge in [-0.1, -0.05) is 41.6 Å². The fourth-order valence-electron chi connectivity index (χ4n) is 2.61. The molecule has 2 aromatic rings. The van der Waals surface area contributed by atoms with Gasteiger partial charge < -0.3 is 10.1 Å². The van der Waals surface area contributed by atoms with Crippen molar-refractivity contribution in [1.29, 1.82) is 0 Å². The molecule has 1 unspecified atom stereocenters. The molecule has 0 radical (unpaired) electrons. The number of thioether (sulfide) groups is 2. The number of anilines is 2. The van der Waals surface area contributed by atoms with Gasteiger partial charge in [-0.15, -0.1) is 0 Å². The lowest BCUT2D eigenvalue weighted by atomic mass is 10.3. The second-order valence-electron chi connectivity index (χ2n) is 5.32. The maximum atomic E-state index is 12.2. The highest BCUT2D eigenvalue weighted by atomic mass is 35.5. The maximum Gasteiger partial charge on any atom is 0.365 e. The number of benzene rings is 2. The zero-order valence-electron chi connectivity index (χ0n) is 13.2. The number of carbonyl (C=O) groups excluding carboxylic acids is 1. The van der Waals surface area contributed by atoms with Gasteiger partial charge >= 0.3 is 5.97 Å². The topological polar surface area (TPSA) is 53.9 Å². The van der Waals surface area contributed by atoms with Crippen molar-refractivity contribution in [2.24, 2.45) is 5.10 Å². The van der Waals surface area contributed by atoms with Crippen LogP contribution in [0.25, 0.3) is 0 Å². The van der Waals surface area contributed by atoms with E-state index < -0.39 is 10.3 Å². The first-order chi connectivity index (χ1) is 12.1. The first-order valence-corrected chi connectivity index (χ1v) is 9.69. The number of esters is 1. The summed E-state index contributed by atoms with van der Waals surface area (Å²) in [7, 11) is 0. The number of rotatable bonds is 3. The van der Waals surface area contributed by atoms with Gasteiger partial charge in [0.25, 0.3) is 0 Å². The predicted octanol–water partition coefficient (Wildman–Crippen LogP) is 4.60. The van der Waals surface area contributed by atoms with E-state index in [1.165, 1.54) is 11.8 Å². The molecule has 2 heterocycles. The van der Waals surface area contributed by atoms with Gasteiger partial charge in [0.15, 0.2) is 0 Å². The average Bonchev–Trinajstić information content (AvgIpc) is 3.15. The number of carbonyl (C=O) groups is 1. The summed E-state index contributed by atoms with van der Waals surface area (Å²) in [6, 6.07) is 15.4. The molecular formula is C17H14ClN3O2S2. The van der Waals surface area contributed by atoms with Gasteiger partial charge in [0, 0.05) is 9.92 Å². The number of nitrogens with one attached hydrogen (secondary N) is 1. The van der Waals surface area contributed by atoms with E-state index in [9.17, 15) is 4.79 Å². The van der Waals surface area contributed by atoms with Crippen LogP contribution in [0.15, 0.2) is 58.5 Å². The molecule has 0 fully saturated rings. The Morgan fingerprint density at radius 1 is 1.28 bits per heavy atom. The van der Waals surface area contributed by atoms with Crippen molar-refractivity contribution in [3.8, 4) is 0 Å². The molecule has 0 aliphatic carbocycles. The average molecular weight is 392 g/mol. The maximum absolute atomic E-state index is 12.2. The summed E-state index contributed by atoms with van der Waals surface area (Å²) < 4.78 is 4.45. The Morgan fingerprint density at radius 3 is 2.88 bits per heavy atom. The molecule has 128 valence electrons. The van der Waals surface area contributed by atoms with Crippen LogP contribution < -0.4 is 10.3 Å². The van der Waals surface area contributed by atoms with Crippen LogP contribution in [0.1, 0.15) is 6.92 Å². The molecule has 2 aliphatic rings. The number of para-hydroxylation sites is 1. The van der Waals surface area contributed by atoms with E-state index in [1.54, 1.807) is 29.8 Å². The molecule has 0 saturated heterocycles. The van der Waals surface area contributed by atoms with Crippen molar-refractivity contribution in [3.05, 3.63) is 53.6 Å². The standard InChI is InChI=1S/C17H14ClN3O2S2/c1-2-23-16(22)15-20-21(12-7-5-6-11(18)10-12)17(25-15)19-13-8-3-4-9-14(13)24-17/h3-10,19H,2H2,1H3. The van der Waals surface area contributed by atoms with E-state index in [4.69, 9.17) is 16.3 Å². The number of hydrogen-bond acceptors (Lipinski definition) is 7. The Morgan fingerprint density at radius 2 is 2.12 bits per heavy atom. The zero-order valence-corrected chi connectivity index (χ0v) is 15.6. The first-order valence-electron chi connectivity index (χ1n) is 7.68. The number of fused-ring (bicyclic) bond motifs is 1. The second kappa shape index (κ2) is 6.48. The molecule has 4 rings (SSSR count). The first kappa shape index (κ1) is 16.6. The van der Waals surface area contributed by atoms with Gasteiger partial charge in [0.2, 0.25) is 9.37 Å². The fraction of sp³-hybridized carbons (Fsp3) is 0.176. The number of hydrogen-bond donors (Lipinski definition) is 1. The highest BCUT2D eigenvalue weighted by Crippen LogP contribution is 2.57. The third kappa shape index (κ3) is 2.96. The van der Waals surface area contributed by atoms with Crippen LogP contribution in [-0.2, 0) is 9.53 Å². The van der Waals surface area contributed by atoms with E-state index in [0.717, 1.165) is 16.3 Å². The molecule has 1 N–H and O–H groups in total. The molecule has 0 amide bonds. The van der Waals surface area contributed by atoms with Gasteiger partial charge in [0.05, 0.1) is 18.0 Å². The summed E-state index contributed by atoms with van der Waals surface area (Å²) in [5, 5.41) is 10.7. The minimum absolute atomic E-state index is 0.309. The van der Waals surface area contributed by atoms with Crippen LogP contribution in [0.5, 0.6) is 0 Å². The minimum Gasteiger partial charge on any atom is -0.461 e. The molecule has 0 saturated carbocycles. The van der Waals surface area contributed by atoms with Crippen molar-refractivity contribution >= 4 is 57.5 Å². The van der Waals surface area contributed by atoms with Crippen molar-refractivity contribution in [2.75, 3.05) is 16.9 Å². The summed E-state index contributed by atoms with van der Waals surface area (Å²) in [6.07, 6.45) is 0. The van der Waals surface area contributed by atoms with E-state index in [2.05, 4.69) is 10.4 Å². The normalized spacial score (nSPS) is 21.0. The minimum atomic E-state index is -0.684. The molecular weight excluding hydrogens is 378 g/mol. The summed E-state index contributed by atoms with van der Waals surface area (Å²) in [5.74, 6) is -0.422. The van der Waals surface area contributed by atoms with Crippen molar-refractivity contribution < 1.29 is 9.53 Å². The smallest absolute Gasteiger partial charge is 0.365 e. The lowest BCUT2D eigenvalue weighted by Crippen LogP contribution is -2.41. The van der Waals surface area contributed by atoms with E-state index in [-0.39, 0.29) is 0 Å². The Kier molecular flexibility index (Phi) is 4.31.